The Morgan fingerprint density at radius 1 is 1.73 bits per heavy atom. The average molecular weight is 276 g/mol. The second-order valence-electron chi connectivity index (χ2n) is 2.76. The van der Waals surface area contributed by atoms with Crippen LogP contribution < -0.4 is 5.73 Å². The van der Waals surface area contributed by atoms with E-state index in [1.807, 2.05) is 0 Å². The Balaban J connectivity index is 2.54. The molecule has 0 saturated heterocycles. The van der Waals surface area contributed by atoms with Crippen LogP contribution >= 0.6 is 15.9 Å². The Kier molecular flexibility index (Phi) is 4.48. The molecule has 0 aliphatic heterocycles. The van der Waals surface area contributed by atoms with Crippen LogP contribution in [0.4, 0.5) is 4.39 Å². The molecule has 6 heteroatoms. The number of aliphatic imine (C=N–C) groups is 1. The highest BCUT2D eigenvalue weighted by Gasteiger charge is 2.04. The lowest BCUT2D eigenvalue weighted by Gasteiger charge is -2.05. The van der Waals surface area contributed by atoms with Crippen LogP contribution in [-0.4, -0.2) is 24.7 Å². The number of halogens is 2. The number of nitrogens with two attached hydrogens (primary N) is 1. The maximum atomic E-state index is 13.1. The summed E-state index contributed by atoms with van der Waals surface area (Å²) in [7, 11) is 1.52. The maximum Gasteiger partial charge on any atom is 0.281 e. The first-order valence-electron chi connectivity index (χ1n) is 4.28. The van der Waals surface area contributed by atoms with Crippen LogP contribution in [-0.2, 0) is 11.2 Å². The number of rotatable bonds is 3. The first-order valence-corrected chi connectivity index (χ1v) is 5.07. The van der Waals surface area contributed by atoms with Gasteiger partial charge >= 0.3 is 0 Å². The SMILES string of the molecule is CN=C(N)OCCc1cc(Br)cnc1F. The fraction of sp³-hybridized carbons (Fsp3) is 0.333. The molecular formula is C9H11BrFN3O. The Hall–Kier alpha value is -1.17. The van der Waals surface area contributed by atoms with E-state index in [1.54, 1.807) is 6.07 Å². The molecule has 0 radical (unpaired) electrons. The number of hydrogen-bond donors (Lipinski definition) is 1. The summed E-state index contributed by atoms with van der Waals surface area (Å²) in [6.45, 7) is 0.276. The van der Waals surface area contributed by atoms with Crippen molar-refractivity contribution in [2.45, 2.75) is 6.42 Å². The number of nitrogens with zero attached hydrogens (tertiary/aromatic N) is 2. The molecule has 0 fully saturated rings. The molecule has 0 atom stereocenters. The topological polar surface area (TPSA) is 60.5 Å². The van der Waals surface area contributed by atoms with E-state index < -0.39 is 5.95 Å². The van der Waals surface area contributed by atoms with Crippen molar-refractivity contribution in [3.05, 3.63) is 28.2 Å². The van der Waals surface area contributed by atoms with Crippen molar-refractivity contribution in [2.24, 2.45) is 10.7 Å². The summed E-state index contributed by atoms with van der Waals surface area (Å²) in [4.78, 5) is 7.18. The Labute approximate surface area is 95.5 Å². The third-order valence-corrected chi connectivity index (χ3v) is 2.15. The summed E-state index contributed by atoms with van der Waals surface area (Å²) in [6, 6.07) is 1.75. The molecule has 1 aromatic rings. The number of aromatic nitrogens is 1. The molecule has 0 aliphatic rings. The lowest BCUT2D eigenvalue weighted by atomic mass is 10.2. The van der Waals surface area contributed by atoms with E-state index in [0.29, 0.717) is 12.0 Å². The molecule has 1 aromatic heterocycles. The van der Waals surface area contributed by atoms with Gasteiger partial charge in [-0.2, -0.15) is 4.39 Å². The quantitative estimate of drug-likeness (QED) is 0.517. The predicted octanol–water partition coefficient (Wildman–Crippen LogP) is 1.49. The van der Waals surface area contributed by atoms with Crippen LogP contribution in [0.1, 0.15) is 5.56 Å². The van der Waals surface area contributed by atoms with Gasteiger partial charge in [0.25, 0.3) is 6.02 Å². The molecule has 0 unspecified atom stereocenters. The lowest BCUT2D eigenvalue weighted by molar-refractivity contribution is 0.301. The lowest BCUT2D eigenvalue weighted by Crippen LogP contribution is -2.17. The van der Waals surface area contributed by atoms with Crippen molar-refractivity contribution < 1.29 is 9.13 Å². The zero-order valence-corrected chi connectivity index (χ0v) is 9.79. The van der Waals surface area contributed by atoms with Crippen molar-refractivity contribution in [3.8, 4) is 0 Å². The van der Waals surface area contributed by atoms with Gasteiger partial charge in [0.1, 0.15) is 0 Å². The molecule has 0 aromatic carbocycles. The van der Waals surface area contributed by atoms with Gasteiger partial charge in [-0.1, -0.05) is 0 Å². The van der Waals surface area contributed by atoms with Gasteiger partial charge < -0.3 is 10.5 Å². The standard InChI is InChI=1S/C9H11BrFN3O/c1-13-9(12)15-3-2-6-4-7(10)5-14-8(6)11/h4-5H,2-3H2,1H3,(H2,12,13). The van der Waals surface area contributed by atoms with Gasteiger partial charge in [0.15, 0.2) is 0 Å². The third-order valence-electron chi connectivity index (χ3n) is 1.72. The van der Waals surface area contributed by atoms with Crippen molar-refractivity contribution in [1.29, 1.82) is 0 Å². The fourth-order valence-corrected chi connectivity index (χ4v) is 1.35. The third kappa shape index (κ3) is 3.83. The van der Waals surface area contributed by atoms with Gasteiger partial charge in [0.2, 0.25) is 5.95 Å². The van der Waals surface area contributed by atoms with E-state index in [9.17, 15) is 4.39 Å². The van der Waals surface area contributed by atoms with Crippen LogP contribution in [0.2, 0.25) is 0 Å². The summed E-state index contributed by atoms with van der Waals surface area (Å²) < 4.78 is 18.9. The van der Waals surface area contributed by atoms with Crippen LogP contribution in [0.3, 0.4) is 0 Å². The van der Waals surface area contributed by atoms with Gasteiger partial charge in [0.05, 0.1) is 6.61 Å². The molecule has 82 valence electrons. The molecule has 0 amide bonds. The minimum absolute atomic E-state index is 0.0957. The van der Waals surface area contributed by atoms with Gasteiger partial charge in [-0.3, -0.25) is 0 Å². The van der Waals surface area contributed by atoms with E-state index in [1.165, 1.54) is 13.2 Å². The Morgan fingerprint density at radius 3 is 3.13 bits per heavy atom. The van der Waals surface area contributed by atoms with Crippen molar-refractivity contribution in [2.75, 3.05) is 13.7 Å². The maximum absolute atomic E-state index is 13.1. The number of hydrogen-bond acceptors (Lipinski definition) is 3. The molecule has 15 heavy (non-hydrogen) atoms. The van der Waals surface area contributed by atoms with E-state index in [4.69, 9.17) is 10.5 Å². The normalized spacial score (nSPS) is 11.5. The molecule has 1 rings (SSSR count). The van der Waals surface area contributed by atoms with Gasteiger partial charge in [-0.25, -0.2) is 9.98 Å². The fourth-order valence-electron chi connectivity index (χ4n) is 0.970. The average Bonchev–Trinajstić information content (AvgIpc) is 2.23. The highest BCUT2D eigenvalue weighted by molar-refractivity contribution is 9.10. The van der Waals surface area contributed by atoms with E-state index >= 15 is 0 Å². The largest absolute Gasteiger partial charge is 0.465 e. The van der Waals surface area contributed by atoms with Crippen LogP contribution in [0, 0.1) is 5.95 Å². The van der Waals surface area contributed by atoms with E-state index in [0.717, 1.165) is 4.47 Å². The van der Waals surface area contributed by atoms with Crippen molar-refractivity contribution in [1.82, 2.24) is 4.98 Å². The Morgan fingerprint density at radius 2 is 2.47 bits per heavy atom. The zero-order valence-electron chi connectivity index (χ0n) is 8.20. The first kappa shape index (κ1) is 11.9. The highest BCUT2D eigenvalue weighted by Crippen LogP contribution is 2.13. The molecule has 0 spiro atoms. The monoisotopic (exact) mass is 275 g/mol. The summed E-state index contributed by atoms with van der Waals surface area (Å²) >= 11 is 3.21. The highest BCUT2D eigenvalue weighted by atomic mass is 79.9. The number of ether oxygens (including phenoxy) is 1. The van der Waals surface area contributed by atoms with E-state index in [-0.39, 0.29) is 12.6 Å². The van der Waals surface area contributed by atoms with Crippen molar-refractivity contribution >= 4 is 22.0 Å². The molecule has 2 N–H and O–H groups in total. The molecular weight excluding hydrogens is 265 g/mol. The molecule has 1 heterocycles. The van der Waals surface area contributed by atoms with Gasteiger partial charge in [0, 0.05) is 29.7 Å². The summed E-state index contributed by atoms with van der Waals surface area (Å²) in [5, 5.41) is 0. The number of amidine groups is 1. The molecule has 4 nitrogen and oxygen atoms in total. The van der Waals surface area contributed by atoms with Crippen LogP contribution in [0.5, 0.6) is 0 Å². The second kappa shape index (κ2) is 5.65. The summed E-state index contributed by atoms with van der Waals surface area (Å²) in [5.41, 5.74) is 5.79. The first-order chi connectivity index (χ1) is 7.13. The van der Waals surface area contributed by atoms with Gasteiger partial charge in [-0.05, 0) is 22.0 Å². The predicted molar refractivity (Wildman–Crippen MR) is 59.1 cm³/mol. The van der Waals surface area contributed by atoms with Gasteiger partial charge in [-0.15, -0.1) is 0 Å². The summed E-state index contributed by atoms with van der Waals surface area (Å²) in [5.74, 6) is -0.492. The smallest absolute Gasteiger partial charge is 0.281 e. The molecule has 0 saturated carbocycles. The molecule has 0 aliphatic carbocycles. The number of pyridine rings is 1. The zero-order chi connectivity index (χ0) is 11.3. The molecule has 0 bridgehead atoms. The Bertz CT molecular complexity index is 370. The minimum Gasteiger partial charge on any atom is -0.465 e. The second-order valence-corrected chi connectivity index (χ2v) is 3.68. The summed E-state index contributed by atoms with van der Waals surface area (Å²) in [6.07, 6.45) is 1.80. The van der Waals surface area contributed by atoms with E-state index in [2.05, 4.69) is 25.9 Å². The van der Waals surface area contributed by atoms with Crippen LogP contribution in [0.15, 0.2) is 21.7 Å². The minimum atomic E-state index is -0.492. The van der Waals surface area contributed by atoms with Crippen molar-refractivity contribution in [3.63, 3.8) is 0 Å². The van der Waals surface area contributed by atoms with Crippen LogP contribution in [0.25, 0.3) is 0 Å².